The van der Waals surface area contributed by atoms with E-state index in [0.717, 1.165) is 12.1 Å². The number of nitrogens with zero attached hydrogens (tertiary/aromatic N) is 4. The zero-order valence-electron chi connectivity index (χ0n) is 14.2. The fourth-order valence-corrected chi connectivity index (χ4v) is 1.87. The number of ether oxygens (including phenoxy) is 1. The number of anilines is 1. The summed E-state index contributed by atoms with van der Waals surface area (Å²) in [6.07, 6.45) is 1.29. The van der Waals surface area contributed by atoms with Gasteiger partial charge < -0.3 is 9.64 Å². The van der Waals surface area contributed by atoms with Gasteiger partial charge >= 0.3 is 5.97 Å². The van der Waals surface area contributed by atoms with E-state index in [2.05, 4.69) is 10.1 Å². The minimum absolute atomic E-state index is 0.00167. The normalized spacial score (nSPS) is 11.5. The number of rotatable bonds is 6. The second kappa shape index (κ2) is 7.72. The zero-order valence-corrected chi connectivity index (χ0v) is 14.2. The molecule has 0 aliphatic rings. The summed E-state index contributed by atoms with van der Waals surface area (Å²) in [7, 11) is 3.66. The fourth-order valence-electron chi connectivity index (χ4n) is 1.87. The third kappa shape index (κ3) is 3.72. The van der Waals surface area contributed by atoms with Crippen molar-refractivity contribution in [3.05, 3.63) is 16.7 Å². The molecule has 0 aliphatic heterocycles. The average molecular weight is 307 g/mol. The summed E-state index contributed by atoms with van der Waals surface area (Å²) in [5.74, 6) is -0.0112. The van der Waals surface area contributed by atoms with Crippen molar-refractivity contribution in [2.45, 2.75) is 40.5 Å². The zero-order chi connectivity index (χ0) is 16.9. The van der Waals surface area contributed by atoms with Gasteiger partial charge in [0.05, 0.1) is 12.3 Å². The Morgan fingerprint density at radius 1 is 1.36 bits per heavy atom. The molecule has 0 fully saturated rings. The van der Waals surface area contributed by atoms with Gasteiger partial charge in [0.15, 0.2) is 5.49 Å². The van der Waals surface area contributed by atoms with Gasteiger partial charge in [-0.15, -0.1) is 0 Å². The van der Waals surface area contributed by atoms with E-state index in [0.29, 0.717) is 18.1 Å². The summed E-state index contributed by atoms with van der Waals surface area (Å²) in [6, 6.07) is 0. The van der Waals surface area contributed by atoms with Crippen LogP contribution in [0, 0.1) is 5.41 Å². The van der Waals surface area contributed by atoms with E-state index in [1.54, 1.807) is 11.8 Å². The average Bonchev–Trinajstić information content (AvgIpc) is 2.48. The first-order chi connectivity index (χ1) is 10.4. The fraction of sp³-hybridized carbons (Fsp3) is 0.600. The quantitative estimate of drug-likeness (QED) is 0.641. The molecule has 22 heavy (non-hydrogen) atoms. The molecule has 122 valence electrons. The standard InChI is InChI=1S/C15H25N5O2/c1-7-10(4)18-20-13(16)12(14(21)22-9-3)11(8-2)17-15(20)19(5)6/h16H,7-9H2,1-6H3/b16-13?,18-10+. The van der Waals surface area contributed by atoms with Gasteiger partial charge in [0.1, 0.15) is 5.56 Å². The third-order valence-corrected chi connectivity index (χ3v) is 3.16. The van der Waals surface area contributed by atoms with Crippen LogP contribution in [0.2, 0.25) is 0 Å². The van der Waals surface area contributed by atoms with Crippen LogP contribution in [0.1, 0.15) is 50.2 Å². The number of carbonyl (C=O) groups excluding carboxylic acids is 1. The first-order valence-electron chi connectivity index (χ1n) is 7.46. The van der Waals surface area contributed by atoms with E-state index in [9.17, 15) is 4.79 Å². The van der Waals surface area contributed by atoms with Crippen LogP contribution in [0.15, 0.2) is 5.10 Å². The molecular formula is C15H25N5O2. The first kappa shape index (κ1) is 17.9. The molecule has 0 aromatic carbocycles. The number of hydrogen-bond acceptors (Lipinski definition) is 6. The van der Waals surface area contributed by atoms with Gasteiger partial charge in [0.2, 0.25) is 5.95 Å². The van der Waals surface area contributed by atoms with Gasteiger partial charge in [-0.25, -0.2) is 9.78 Å². The lowest BCUT2D eigenvalue weighted by Crippen LogP contribution is -2.33. The van der Waals surface area contributed by atoms with Crippen LogP contribution in [0.4, 0.5) is 5.95 Å². The summed E-state index contributed by atoms with van der Waals surface area (Å²) in [6.45, 7) is 7.76. The van der Waals surface area contributed by atoms with Crippen LogP contribution < -0.4 is 10.4 Å². The summed E-state index contributed by atoms with van der Waals surface area (Å²) in [5, 5.41) is 12.8. The molecule has 0 bridgehead atoms. The number of hydrogen-bond donors (Lipinski definition) is 1. The Balaban J connectivity index is 3.70. The molecule has 1 rings (SSSR count). The lowest BCUT2D eigenvalue weighted by Gasteiger charge is -2.19. The van der Waals surface area contributed by atoms with Crippen molar-refractivity contribution in [3.63, 3.8) is 0 Å². The number of aryl methyl sites for hydroxylation is 1. The summed E-state index contributed by atoms with van der Waals surface area (Å²) in [4.78, 5) is 18.5. The SMILES string of the molecule is CCOC(=O)c1c(CC)nc(N(C)C)n(/N=C(\C)CC)c1=N. The van der Waals surface area contributed by atoms with E-state index in [1.807, 2.05) is 34.9 Å². The molecule has 7 nitrogen and oxygen atoms in total. The van der Waals surface area contributed by atoms with Crippen LogP contribution in [0.25, 0.3) is 0 Å². The van der Waals surface area contributed by atoms with Crippen molar-refractivity contribution in [3.8, 4) is 0 Å². The van der Waals surface area contributed by atoms with Crippen molar-refractivity contribution in [2.24, 2.45) is 5.10 Å². The van der Waals surface area contributed by atoms with E-state index >= 15 is 0 Å². The van der Waals surface area contributed by atoms with Crippen molar-refractivity contribution < 1.29 is 9.53 Å². The predicted octanol–water partition coefficient (Wildman–Crippen LogP) is 1.80. The maximum Gasteiger partial charge on any atom is 0.343 e. The Kier molecular flexibility index (Phi) is 6.27. The van der Waals surface area contributed by atoms with Crippen molar-refractivity contribution in [2.75, 3.05) is 25.6 Å². The minimum atomic E-state index is -0.528. The van der Waals surface area contributed by atoms with Crippen LogP contribution in [0.3, 0.4) is 0 Å². The molecule has 1 aromatic rings. The summed E-state index contributed by atoms with van der Waals surface area (Å²) < 4.78 is 6.46. The van der Waals surface area contributed by atoms with Gasteiger partial charge in [-0.1, -0.05) is 13.8 Å². The lowest BCUT2D eigenvalue weighted by molar-refractivity contribution is 0.0521. The molecule has 1 N–H and O–H groups in total. The van der Waals surface area contributed by atoms with Crippen molar-refractivity contribution in [1.29, 1.82) is 5.41 Å². The molecule has 0 saturated heterocycles. The highest BCUT2D eigenvalue weighted by molar-refractivity contribution is 5.90. The molecule has 0 spiro atoms. The first-order valence-corrected chi connectivity index (χ1v) is 7.46. The van der Waals surface area contributed by atoms with E-state index in [4.69, 9.17) is 10.1 Å². The smallest absolute Gasteiger partial charge is 0.343 e. The van der Waals surface area contributed by atoms with E-state index in [1.165, 1.54) is 4.68 Å². The monoisotopic (exact) mass is 307 g/mol. The summed E-state index contributed by atoms with van der Waals surface area (Å²) >= 11 is 0. The van der Waals surface area contributed by atoms with Crippen LogP contribution in [0.5, 0.6) is 0 Å². The topological polar surface area (TPSA) is 83.6 Å². The van der Waals surface area contributed by atoms with Crippen LogP contribution >= 0.6 is 0 Å². The molecule has 1 heterocycles. The Labute approximate surface area is 131 Å². The highest BCUT2D eigenvalue weighted by Crippen LogP contribution is 2.12. The minimum Gasteiger partial charge on any atom is -0.462 e. The maximum atomic E-state index is 12.2. The second-order valence-electron chi connectivity index (χ2n) is 5.05. The maximum absolute atomic E-state index is 12.2. The molecule has 7 heteroatoms. The van der Waals surface area contributed by atoms with Gasteiger partial charge in [-0.3, -0.25) is 5.41 Å². The predicted molar refractivity (Wildman–Crippen MR) is 86.5 cm³/mol. The van der Waals surface area contributed by atoms with Crippen molar-refractivity contribution in [1.82, 2.24) is 9.66 Å². The number of esters is 1. The van der Waals surface area contributed by atoms with Crippen LogP contribution in [-0.2, 0) is 11.2 Å². The second-order valence-corrected chi connectivity index (χ2v) is 5.05. The Morgan fingerprint density at radius 3 is 2.45 bits per heavy atom. The van der Waals surface area contributed by atoms with E-state index in [-0.39, 0.29) is 17.7 Å². The highest BCUT2D eigenvalue weighted by atomic mass is 16.5. The molecule has 1 aromatic heterocycles. The molecule has 0 saturated carbocycles. The molecular weight excluding hydrogens is 282 g/mol. The number of aromatic nitrogens is 2. The largest absolute Gasteiger partial charge is 0.462 e. The molecule has 0 aliphatic carbocycles. The van der Waals surface area contributed by atoms with E-state index < -0.39 is 5.97 Å². The third-order valence-electron chi connectivity index (χ3n) is 3.16. The molecule has 0 unspecified atom stereocenters. The molecule has 0 radical (unpaired) electrons. The molecule has 0 amide bonds. The highest BCUT2D eigenvalue weighted by Gasteiger charge is 2.21. The van der Waals surface area contributed by atoms with Gasteiger partial charge in [0, 0.05) is 19.8 Å². The number of nitrogens with one attached hydrogen (secondary N) is 1. The Hall–Kier alpha value is -2.18. The Bertz CT molecular complexity index is 632. The van der Waals surface area contributed by atoms with Gasteiger partial charge in [-0.2, -0.15) is 9.78 Å². The Morgan fingerprint density at radius 2 is 2.00 bits per heavy atom. The lowest BCUT2D eigenvalue weighted by atomic mass is 10.2. The summed E-state index contributed by atoms with van der Waals surface area (Å²) in [5.41, 5.74) is 1.58. The van der Waals surface area contributed by atoms with Crippen molar-refractivity contribution >= 4 is 17.6 Å². The number of carbonyl (C=O) groups is 1. The van der Waals surface area contributed by atoms with Gasteiger partial charge in [0.25, 0.3) is 0 Å². The van der Waals surface area contributed by atoms with Crippen LogP contribution in [-0.4, -0.2) is 42.0 Å². The van der Waals surface area contributed by atoms with Gasteiger partial charge in [-0.05, 0) is 26.7 Å². The molecule has 0 atom stereocenters.